The first-order valence-electron chi connectivity index (χ1n) is 6.68. The summed E-state index contributed by atoms with van der Waals surface area (Å²) in [6.45, 7) is 3.79. The highest BCUT2D eigenvalue weighted by Gasteiger charge is 2.25. The van der Waals surface area contributed by atoms with Gasteiger partial charge in [0.2, 0.25) is 11.8 Å². The van der Waals surface area contributed by atoms with E-state index >= 15 is 0 Å². The Morgan fingerprint density at radius 2 is 1.75 bits per heavy atom. The maximum Gasteiger partial charge on any atom is 0.235 e. The lowest BCUT2D eigenvalue weighted by molar-refractivity contribution is -0.126. The van der Waals surface area contributed by atoms with Crippen LogP contribution >= 0.6 is 0 Å². The van der Waals surface area contributed by atoms with Crippen molar-refractivity contribution < 1.29 is 9.59 Å². The van der Waals surface area contributed by atoms with Crippen LogP contribution in [0.2, 0.25) is 0 Å². The zero-order valence-electron chi connectivity index (χ0n) is 11.6. The second-order valence-electron chi connectivity index (χ2n) is 4.42. The number of rotatable bonds is 5. The predicted octanol–water partition coefficient (Wildman–Crippen LogP) is 1.81. The Morgan fingerprint density at radius 1 is 1.10 bits per heavy atom. The van der Waals surface area contributed by atoms with E-state index in [9.17, 15) is 9.59 Å². The number of hydrogen-bond donors (Lipinski definition) is 1. The molecule has 2 rings (SSSR count). The van der Waals surface area contributed by atoms with Crippen LogP contribution in [-0.4, -0.2) is 31.8 Å². The maximum atomic E-state index is 12.2. The SMILES string of the molecule is CCCC(=O)N(C(=O)CCC)c1ncnc2nc[nH]c12. The van der Waals surface area contributed by atoms with Gasteiger partial charge in [0, 0.05) is 12.8 Å². The fourth-order valence-electron chi connectivity index (χ4n) is 1.95. The second-order valence-corrected chi connectivity index (χ2v) is 4.42. The number of aromatic amines is 1. The predicted molar refractivity (Wildman–Crippen MR) is 74.0 cm³/mol. The van der Waals surface area contributed by atoms with Gasteiger partial charge in [-0.25, -0.2) is 19.9 Å². The van der Waals surface area contributed by atoms with Crippen LogP contribution in [0.4, 0.5) is 5.82 Å². The Hall–Kier alpha value is -2.31. The molecule has 0 aliphatic rings. The number of carbonyl (C=O) groups is 2. The molecular weight excluding hydrogens is 258 g/mol. The van der Waals surface area contributed by atoms with Crippen molar-refractivity contribution in [3.63, 3.8) is 0 Å². The minimum atomic E-state index is -0.249. The third-order valence-corrected chi connectivity index (χ3v) is 2.84. The molecule has 0 bridgehead atoms. The van der Waals surface area contributed by atoms with Gasteiger partial charge in [0.25, 0.3) is 0 Å². The molecule has 7 nitrogen and oxygen atoms in total. The maximum absolute atomic E-state index is 12.2. The van der Waals surface area contributed by atoms with Gasteiger partial charge in [-0.3, -0.25) is 9.59 Å². The molecule has 0 unspecified atom stereocenters. The molecule has 0 saturated heterocycles. The standard InChI is InChI=1S/C13H17N5O2/c1-3-5-9(19)18(10(20)6-4-2)13-11-12(15-7-14-11)16-8-17-13/h7-8H,3-6H2,1-2H3,(H,14,15,16,17). The van der Waals surface area contributed by atoms with Crippen LogP contribution in [0.5, 0.6) is 0 Å². The van der Waals surface area contributed by atoms with Crippen LogP contribution in [0.15, 0.2) is 12.7 Å². The fraction of sp³-hybridized carbons (Fsp3) is 0.462. The van der Waals surface area contributed by atoms with E-state index in [0.29, 0.717) is 36.8 Å². The van der Waals surface area contributed by atoms with Crippen LogP contribution < -0.4 is 4.90 Å². The molecular formula is C13H17N5O2. The average Bonchev–Trinajstić information content (AvgIpc) is 2.89. The molecule has 7 heteroatoms. The van der Waals surface area contributed by atoms with E-state index in [1.54, 1.807) is 0 Å². The van der Waals surface area contributed by atoms with Crippen LogP contribution in [0.3, 0.4) is 0 Å². The number of hydrogen-bond acceptors (Lipinski definition) is 5. The van der Waals surface area contributed by atoms with Crippen LogP contribution in [0.1, 0.15) is 39.5 Å². The van der Waals surface area contributed by atoms with Gasteiger partial charge in [-0.2, -0.15) is 0 Å². The molecule has 2 aromatic rings. The normalized spacial score (nSPS) is 10.7. The van der Waals surface area contributed by atoms with Crippen molar-refractivity contribution >= 4 is 28.8 Å². The fourth-order valence-corrected chi connectivity index (χ4v) is 1.95. The largest absolute Gasteiger partial charge is 0.340 e. The van der Waals surface area contributed by atoms with Gasteiger partial charge in [-0.15, -0.1) is 0 Å². The summed E-state index contributed by atoms with van der Waals surface area (Å²) in [5.41, 5.74) is 0.940. The Balaban J connectivity index is 2.47. The average molecular weight is 275 g/mol. The molecule has 0 atom stereocenters. The number of aromatic nitrogens is 4. The number of H-pyrrole nitrogens is 1. The van der Waals surface area contributed by atoms with E-state index in [4.69, 9.17) is 0 Å². The van der Waals surface area contributed by atoms with Gasteiger partial charge in [0.1, 0.15) is 11.8 Å². The van der Waals surface area contributed by atoms with E-state index in [2.05, 4.69) is 19.9 Å². The highest BCUT2D eigenvalue weighted by Crippen LogP contribution is 2.21. The summed E-state index contributed by atoms with van der Waals surface area (Å²) in [5.74, 6) is -0.217. The summed E-state index contributed by atoms with van der Waals surface area (Å²) in [6, 6.07) is 0. The van der Waals surface area contributed by atoms with Gasteiger partial charge in [0.05, 0.1) is 6.33 Å². The van der Waals surface area contributed by atoms with E-state index in [0.717, 1.165) is 4.90 Å². The van der Waals surface area contributed by atoms with E-state index in [-0.39, 0.29) is 17.6 Å². The zero-order valence-corrected chi connectivity index (χ0v) is 11.6. The van der Waals surface area contributed by atoms with Crippen molar-refractivity contribution in [3.8, 4) is 0 Å². The molecule has 1 N–H and O–H groups in total. The van der Waals surface area contributed by atoms with Crippen molar-refractivity contribution in [3.05, 3.63) is 12.7 Å². The van der Waals surface area contributed by atoms with Crippen LogP contribution in [0, 0.1) is 0 Å². The van der Waals surface area contributed by atoms with Gasteiger partial charge in [0.15, 0.2) is 11.5 Å². The minimum absolute atomic E-state index is 0.249. The van der Waals surface area contributed by atoms with Crippen molar-refractivity contribution in [2.24, 2.45) is 0 Å². The van der Waals surface area contributed by atoms with Crippen LogP contribution in [0.25, 0.3) is 11.2 Å². The number of amides is 2. The topological polar surface area (TPSA) is 91.8 Å². The van der Waals surface area contributed by atoms with Crippen molar-refractivity contribution in [2.75, 3.05) is 4.90 Å². The second kappa shape index (κ2) is 6.23. The number of fused-ring (bicyclic) bond motifs is 1. The Labute approximate surface area is 116 Å². The molecule has 0 aliphatic heterocycles. The first-order chi connectivity index (χ1) is 9.69. The van der Waals surface area contributed by atoms with Gasteiger partial charge >= 0.3 is 0 Å². The molecule has 0 spiro atoms. The van der Waals surface area contributed by atoms with E-state index in [1.807, 2.05) is 13.8 Å². The molecule has 106 valence electrons. The zero-order chi connectivity index (χ0) is 14.5. The van der Waals surface area contributed by atoms with Gasteiger partial charge in [-0.1, -0.05) is 13.8 Å². The highest BCUT2D eigenvalue weighted by molar-refractivity contribution is 6.16. The number of imide groups is 1. The summed E-state index contributed by atoms with van der Waals surface area (Å²) in [7, 11) is 0. The summed E-state index contributed by atoms with van der Waals surface area (Å²) in [6.07, 6.45) is 4.72. The molecule has 2 aromatic heterocycles. The third kappa shape index (κ3) is 2.66. The lowest BCUT2D eigenvalue weighted by Gasteiger charge is -2.19. The molecule has 2 heterocycles. The molecule has 0 saturated carbocycles. The summed E-state index contributed by atoms with van der Waals surface area (Å²) >= 11 is 0. The molecule has 0 radical (unpaired) electrons. The number of nitrogens with zero attached hydrogens (tertiary/aromatic N) is 4. The Morgan fingerprint density at radius 3 is 2.35 bits per heavy atom. The van der Waals surface area contributed by atoms with Crippen molar-refractivity contribution in [2.45, 2.75) is 39.5 Å². The molecule has 0 aromatic carbocycles. The first-order valence-corrected chi connectivity index (χ1v) is 6.68. The summed E-state index contributed by atoms with van der Waals surface area (Å²) < 4.78 is 0. The van der Waals surface area contributed by atoms with Crippen molar-refractivity contribution in [1.82, 2.24) is 19.9 Å². The van der Waals surface area contributed by atoms with Gasteiger partial charge < -0.3 is 4.98 Å². The number of anilines is 1. The quantitative estimate of drug-likeness (QED) is 0.898. The van der Waals surface area contributed by atoms with Crippen LogP contribution in [-0.2, 0) is 9.59 Å². The Bertz CT molecular complexity index is 604. The molecule has 0 fully saturated rings. The first kappa shape index (κ1) is 14.1. The lowest BCUT2D eigenvalue weighted by atomic mass is 10.2. The van der Waals surface area contributed by atoms with Gasteiger partial charge in [-0.05, 0) is 12.8 Å². The van der Waals surface area contributed by atoms with Crippen molar-refractivity contribution in [1.29, 1.82) is 0 Å². The lowest BCUT2D eigenvalue weighted by Crippen LogP contribution is -2.37. The monoisotopic (exact) mass is 275 g/mol. The minimum Gasteiger partial charge on any atom is -0.340 e. The third-order valence-electron chi connectivity index (χ3n) is 2.84. The van der Waals surface area contributed by atoms with E-state index in [1.165, 1.54) is 12.7 Å². The number of imidazole rings is 1. The molecule has 20 heavy (non-hydrogen) atoms. The summed E-state index contributed by atoms with van der Waals surface area (Å²) in [5, 5.41) is 0. The molecule has 2 amide bonds. The highest BCUT2D eigenvalue weighted by atomic mass is 16.2. The number of carbonyl (C=O) groups excluding carboxylic acids is 2. The number of nitrogens with one attached hydrogen (secondary N) is 1. The summed E-state index contributed by atoms with van der Waals surface area (Å²) in [4.78, 5) is 40.6. The smallest absolute Gasteiger partial charge is 0.235 e. The molecule has 0 aliphatic carbocycles. The van der Waals surface area contributed by atoms with E-state index < -0.39 is 0 Å². The Kier molecular flexibility index (Phi) is 4.39.